The molecule has 4 nitrogen and oxygen atoms in total. The van der Waals surface area contributed by atoms with Crippen molar-refractivity contribution in [1.82, 2.24) is 14.9 Å². The van der Waals surface area contributed by atoms with E-state index in [-0.39, 0.29) is 12.1 Å². The van der Waals surface area contributed by atoms with Crippen molar-refractivity contribution in [2.24, 2.45) is 0 Å². The molecule has 0 aliphatic carbocycles. The lowest BCUT2D eigenvalue weighted by Crippen LogP contribution is -2.29. The molecule has 3 heterocycles. The standard InChI is InChI=1S/C27H25ClN4S/c1-17-18(2)31(21-9-5-4-6-10-21)19(3)24(17)26-25(23-11-7-8-16-29-23)30-27(33)32(26)22-14-12-20(28)13-15-22/h4-16,25-26H,1-3H3,(H,30,33)/t25-,26+/m1/s1. The Kier molecular flexibility index (Phi) is 5.69. The van der Waals surface area contributed by atoms with E-state index in [1.165, 1.54) is 22.5 Å². The van der Waals surface area contributed by atoms with Gasteiger partial charge in [0, 0.05) is 39.5 Å². The quantitative estimate of drug-likeness (QED) is 0.338. The molecule has 2 aromatic carbocycles. The molecule has 166 valence electrons. The Morgan fingerprint density at radius 1 is 0.848 bits per heavy atom. The average Bonchev–Trinajstić information content (AvgIpc) is 3.28. The molecule has 0 unspecified atom stereocenters. The van der Waals surface area contributed by atoms with E-state index in [1.54, 1.807) is 0 Å². The first kappa shape index (κ1) is 21.7. The molecular weight excluding hydrogens is 448 g/mol. The van der Waals surface area contributed by atoms with Gasteiger partial charge in [0.05, 0.1) is 17.8 Å². The molecule has 1 fully saturated rings. The van der Waals surface area contributed by atoms with E-state index < -0.39 is 0 Å². The van der Waals surface area contributed by atoms with Crippen LogP contribution in [0.1, 0.15) is 40.3 Å². The first-order valence-electron chi connectivity index (χ1n) is 11.0. The number of nitrogens with one attached hydrogen (secondary N) is 1. The second-order valence-electron chi connectivity index (χ2n) is 8.35. The molecule has 1 aliphatic rings. The summed E-state index contributed by atoms with van der Waals surface area (Å²) in [7, 11) is 0. The van der Waals surface area contributed by atoms with Gasteiger partial charge in [-0.25, -0.2) is 0 Å². The SMILES string of the molecule is Cc1c([C@H]2[C@@H](c3ccccn3)NC(=S)N2c2ccc(Cl)cc2)c(C)n(-c2ccccc2)c1C. The van der Waals surface area contributed by atoms with Gasteiger partial charge in [-0.3, -0.25) is 4.98 Å². The lowest BCUT2D eigenvalue weighted by Gasteiger charge is -2.29. The van der Waals surface area contributed by atoms with Crippen molar-refractivity contribution >= 4 is 34.6 Å². The van der Waals surface area contributed by atoms with E-state index in [4.69, 9.17) is 23.8 Å². The molecule has 33 heavy (non-hydrogen) atoms. The van der Waals surface area contributed by atoms with Crippen molar-refractivity contribution in [3.63, 3.8) is 0 Å². The highest BCUT2D eigenvalue weighted by Crippen LogP contribution is 2.45. The summed E-state index contributed by atoms with van der Waals surface area (Å²) in [5.41, 5.74) is 8.06. The molecule has 6 heteroatoms. The lowest BCUT2D eigenvalue weighted by molar-refractivity contribution is 0.563. The molecule has 0 radical (unpaired) electrons. The fraction of sp³-hybridized carbons (Fsp3) is 0.185. The van der Waals surface area contributed by atoms with E-state index in [0.29, 0.717) is 10.1 Å². The number of anilines is 1. The van der Waals surface area contributed by atoms with Crippen LogP contribution in [0.25, 0.3) is 5.69 Å². The van der Waals surface area contributed by atoms with Crippen LogP contribution in [-0.4, -0.2) is 14.7 Å². The second-order valence-corrected chi connectivity index (χ2v) is 9.18. The molecule has 1 saturated heterocycles. The predicted octanol–water partition coefficient (Wildman–Crippen LogP) is 6.63. The summed E-state index contributed by atoms with van der Waals surface area (Å²) in [6.45, 7) is 6.58. The van der Waals surface area contributed by atoms with Crippen LogP contribution in [0.2, 0.25) is 5.02 Å². The summed E-state index contributed by atoms with van der Waals surface area (Å²) >= 11 is 12.1. The lowest BCUT2D eigenvalue weighted by atomic mass is 9.93. The number of hydrogen-bond donors (Lipinski definition) is 1. The van der Waals surface area contributed by atoms with Crippen LogP contribution in [-0.2, 0) is 0 Å². The monoisotopic (exact) mass is 472 g/mol. The fourth-order valence-corrected chi connectivity index (χ4v) is 5.41. The Morgan fingerprint density at radius 2 is 1.55 bits per heavy atom. The van der Waals surface area contributed by atoms with Gasteiger partial charge in [0.25, 0.3) is 0 Å². The molecule has 5 rings (SSSR count). The van der Waals surface area contributed by atoms with Crippen LogP contribution >= 0.6 is 23.8 Å². The van der Waals surface area contributed by atoms with Crippen LogP contribution < -0.4 is 10.2 Å². The molecule has 1 aliphatic heterocycles. The molecule has 0 amide bonds. The van der Waals surface area contributed by atoms with Crippen molar-refractivity contribution in [2.45, 2.75) is 32.9 Å². The highest BCUT2D eigenvalue weighted by Gasteiger charge is 2.43. The fourth-order valence-electron chi connectivity index (χ4n) is 4.93. The number of halogens is 1. The van der Waals surface area contributed by atoms with Crippen LogP contribution in [0.5, 0.6) is 0 Å². The van der Waals surface area contributed by atoms with Crippen molar-refractivity contribution < 1.29 is 0 Å². The maximum Gasteiger partial charge on any atom is 0.174 e. The van der Waals surface area contributed by atoms with Gasteiger partial charge >= 0.3 is 0 Å². The second kappa shape index (κ2) is 8.65. The van der Waals surface area contributed by atoms with Crippen LogP contribution in [0.3, 0.4) is 0 Å². The van der Waals surface area contributed by atoms with Gasteiger partial charge < -0.3 is 14.8 Å². The van der Waals surface area contributed by atoms with Gasteiger partial charge in [0.15, 0.2) is 5.11 Å². The minimum absolute atomic E-state index is 0.0581. The van der Waals surface area contributed by atoms with Crippen LogP contribution in [0, 0.1) is 20.8 Å². The first-order chi connectivity index (χ1) is 16.0. The molecule has 0 bridgehead atoms. The minimum atomic E-state index is -0.0854. The van der Waals surface area contributed by atoms with Crippen LogP contribution in [0.15, 0.2) is 79.0 Å². The topological polar surface area (TPSA) is 33.1 Å². The number of hydrogen-bond acceptors (Lipinski definition) is 2. The summed E-state index contributed by atoms with van der Waals surface area (Å²) < 4.78 is 2.33. The summed E-state index contributed by atoms with van der Waals surface area (Å²) in [6.07, 6.45) is 1.84. The predicted molar refractivity (Wildman–Crippen MR) is 139 cm³/mol. The van der Waals surface area contributed by atoms with Gasteiger partial charge in [0.2, 0.25) is 0 Å². The van der Waals surface area contributed by atoms with E-state index in [0.717, 1.165) is 17.1 Å². The van der Waals surface area contributed by atoms with E-state index >= 15 is 0 Å². The number of para-hydroxylation sites is 1. The molecule has 1 N–H and O–H groups in total. The third kappa shape index (κ3) is 3.71. The van der Waals surface area contributed by atoms with Crippen molar-refractivity contribution in [1.29, 1.82) is 0 Å². The van der Waals surface area contributed by atoms with Crippen molar-refractivity contribution in [3.05, 3.63) is 112 Å². The normalized spacial score (nSPS) is 17.9. The Labute approximate surface area is 204 Å². The Morgan fingerprint density at radius 3 is 2.21 bits per heavy atom. The Balaban J connectivity index is 1.72. The largest absolute Gasteiger partial charge is 0.351 e. The molecule has 2 atom stereocenters. The van der Waals surface area contributed by atoms with Crippen molar-refractivity contribution in [3.8, 4) is 5.69 Å². The number of aromatic nitrogens is 2. The highest BCUT2D eigenvalue weighted by atomic mass is 35.5. The maximum atomic E-state index is 6.19. The molecular formula is C27H25ClN4S. The molecule has 0 saturated carbocycles. The maximum absolute atomic E-state index is 6.19. The number of thiocarbonyl (C=S) groups is 1. The average molecular weight is 473 g/mol. The number of pyridine rings is 1. The van der Waals surface area contributed by atoms with Crippen molar-refractivity contribution in [2.75, 3.05) is 4.90 Å². The zero-order chi connectivity index (χ0) is 23.1. The van der Waals surface area contributed by atoms with Gasteiger partial charge in [-0.1, -0.05) is 35.9 Å². The number of rotatable bonds is 4. The minimum Gasteiger partial charge on any atom is -0.351 e. The summed E-state index contributed by atoms with van der Waals surface area (Å²) in [6, 6.07) is 24.2. The zero-order valence-electron chi connectivity index (χ0n) is 18.8. The van der Waals surface area contributed by atoms with E-state index in [9.17, 15) is 0 Å². The van der Waals surface area contributed by atoms with E-state index in [1.807, 2.05) is 48.7 Å². The third-order valence-corrected chi connectivity index (χ3v) is 7.09. The Hall–Kier alpha value is -3.15. The highest BCUT2D eigenvalue weighted by molar-refractivity contribution is 7.80. The van der Waals surface area contributed by atoms with Gasteiger partial charge in [-0.2, -0.15) is 0 Å². The molecule has 4 aromatic rings. The Bertz CT molecular complexity index is 1300. The zero-order valence-corrected chi connectivity index (χ0v) is 20.4. The molecule has 0 spiro atoms. The van der Waals surface area contributed by atoms with Gasteiger partial charge in [-0.05, 0) is 87.1 Å². The van der Waals surface area contributed by atoms with Gasteiger partial charge in [0.1, 0.15) is 0 Å². The van der Waals surface area contributed by atoms with Crippen LogP contribution in [0.4, 0.5) is 5.69 Å². The first-order valence-corrected chi connectivity index (χ1v) is 11.8. The van der Waals surface area contributed by atoms with Gasteiger partial charge in [-0.15, -0.1) is 0 Å². The number of benzene rings is 2. The third-order valence-electron chi connectivity index (χ3n) is 6.52. The van der Waals surface area contributed by atoms with E-state index in [2.05, 4.69) is 70.9 Å². The summed E-state index contributed by atoms with van der Waals surface area (Å²) in [4.78, 5) is 6.89. The summed E-state index contributed by atoms with van der Waals surface area (Å²) in [5.74, 6) is 0. The summed E-state index contributed by atoms with van der Waals surface area (Å²) in [5, 5.41) is 4.94. The number of nitrogens with zero attached hydrogens (tertiary/aromatic N) is 3. The smallest absolute Gasteiger partial charge is 0.174 e. The molecule has 2 aromatic heterocycles.